The second kappa shape index (κ2) is 6.57. The molecule has 5 heteroatoms. The van der Waals surface area contributed by atoms with Crippen molar-refractivity contribution in [3.05, 3.63) is 29.1 Å². The van der Waals surface area contributed by atoms with Gasteiger partial charge >= 0.3 is 5.97 Å². The number of nitrogen functional groups attached to an aromatic ring is 1. The van der Waals surface area contributed by atoms with E-state index in [2.05, 4.69) is 31.1 Å². The van der Waals surface area contributed by atoms with E-state index < -0.39 is 13.9 Å². The standard InChI is InChI=1S/C15H20FNO2Si/c1-5-19-15(18)10-12-9-14(17)13(16)8-11(12)6-7-20(2,3)4/h8-9H,5,10,17H2,1-4H3. The zero-order chi connectivity index (χ0) is 15.3. The van der Waals surface area contributed by atoms with Crippen molar-refractivity contribution >= 4 is 19.7 Å². The van der Waals surface area contributed by atoms with Crippen molar-refractivity contribution in [3.63, 3.8) is 0 Å². The van der Waals surface area contributed by atoms with Crippen LogP contribution in [0.15, 0.2) is 12.1 Å². The molecule has 2 N–H and O–H groups in total. The summed E-state index contributed by atoms with van der Waals surface area (Å²) in [6.45, 7) is 8.34. The van der Waals surface area contributed by atoms with Crippen molar-refractivity contribution in [2.24, 2.45) is 0 Å². The summed E-state index contributed by atoms with van der Waals surface area (Å²) in [5.74, 6) is 2.09. The minimum atomic E-state index is -1.58. The van der Waals surface area contributed by atoms with Gasteiger partial charge in [-0.1, -0.05) is 25.6 Å². The third kappa shape index (κ3) is 5.06. The Balaban J connectivity index is 3.16. The van der Waals surface area contributed by atoms with E-state index in [0.717, 1.165) is 0 Å². The lowest BCUT2D eigenvalue weighted by Gasteiger charge is -2.08. The Bertz CT molecular complexity index is 568. The minimum Gasteiger partial charge on any atom is -0.466 e. The molecule has 0 saturated carbocycles. The van der Waals surface area contributed by atoms with Gasteiger partial charge in [0.15, 0.2) is 0 Å². The van der Waals surface area contributed by atoms with E-state index >= 15 is 0 Å². The van der Waals surface area contributed by atoms with Crippen LogP contribution in [-0.2, 0) is 16.0 Å². The maximum atomic E-state index is 13.6. The number of halogens is 1. The molecular formula is C15H20FNO2Si. The van der Waals surface area contributed by atoms with Crippen molar-refractivity contribution in [1.29, 1.82) is 0 Å². The van der Waals surface area contributed by atoms with Gasteiger partial charge in [-0.05, 0) is 24.6 Å². The van der Waals surface area contributed by atoms with Gasteiger partial charge in [-0.2, -0.15) is 0 Å². The first-order valence-corrected chi connectivity index (χ1v) is 9.99. The molecule has 0 atom stereocenters. The number of benzene rings is 1. The van der Waals surface area contributed by atoms with Crippen LogP contribution in [0.5, 0.6) is 0 Å². The number of carbonyl (C=O) groups excluding carboxylic acids is 1. The van der Waals surface area contributed by atoms with Gasteiger partial charge in [-0.3, -0.25) is 4.79 Å². The number of esters is 1. The van der Waals surface area contributed by atoms with Gasteiger partial charge in [0.05, 0.1) is 18.7 Å². The van der Waals surface area contributed by atoms with Gasteiger partial charge in [0, 0.05) is 5.56 Å². The molecule has 0 aliphatic heterocycles. The fraction of sp³-hybridized carbons (Fsp3) is 0.400. The molecule has 1 aromatic carbocycles. The second-order valence-electron chi connectivity index (χ2n) is 5.51. The third-order valence-corrected chi connectivity index (χ3v) is 3.31. The maximum absolute atomic E-state index is 13.6. The first-order chi connectivity index (χ1) is 9.23. The number of ether oxygens (including phenoxy) is 1. The smallest absolute Gasteiger partial charge is 0.310 e. The van der Waals surface area contributed by atoms with E-state index in [-0.39, 0.29) is 18.1 Å². The number of nitrogens with two attached hydrogens (primary N) is 1. The number of anilines is 1. The molecule has 0 spiro atoms. The second-order valence-corrected chi connectivity index (χ2v) is 10.3. The largest absolute Gasteiger partial charge is 0.466 e. The fourth-order valence-corrected chi connectivity index (χ4v) is 2.03. The Morgan fingerprint density at radius 3 is 2.60 bits per heavy atom. The molecule has 0 aliphatic carbocycles. The van der Waals surface area contributed by atoms with Crippen LogP contribution in [0.25, 0.3) is 0 Å². The van der Waals surface area contributed by atoms with Gasteiger partial charge in [0.2, 0.25) is 0 Å². The third-order valence-electron chi connectivity index (χ3n) is 2.43. The highest BCUT2D eigenvalue weighted by Gasteiger charge is 2.13. The Kier molecular flexibility index (Phi) is 5.34. The van der Waals surface area contributed by atoms with Gasteiger partial charge in [-0.15, -0.1) is 5.54 Å². The van der Waals surface area contributed by atoms with Crippen LogP contribution in [0.4, 0.5) is 10.1 Å². The van der Waals surface area contributed by atoms with Crippen LogP contribution < -0.4 is 5.73 Å². The molecule has 0 amide bonds. The first kappa shape index (κ1) is 16.3. The summed E-state index contributed by atoms with van der Waals surface area (Å²) in [5, 5.41) is 0. The molecular weight excluding hydrogens is 273 g/mol. The fourth-order valence-electron chi connectivity index (χ4n) is 1.52. The topological polar surface area (TPSA) is 52.3 Å². The summed E-state index contributed by atoms with van der Waals surface area (Å²) in [5.41, 5.74) is 9.84. The van der Waals surface area contributed by atoms with Gasteiger partial charge in [0.25, 0.3) is 0 Å². The van der Waals surface area contributed by atoms with E-state index in [0.29, 0.717) is 17.7 Å². The lowest BCUT2D eigenvalue weighted by atomic mass is 10.0. The molecule has 0 aliphatic rings. The first-order valence-electron chi connectivity index (χ1n) is 6.49. The molecule has 0 aromatic heterocycles. The van der Waals surface area contributed by atoms with E-state index in [1.807, 2.05) is 0 Å². The van der Waals surface area contributed by atoms with Crippen LogP contribution in [0, 0.1) is 17.3 Å². The number of hydrogen-bond acceptors (Lipinski definition) is 3. The normalized spacial score (nSPS) is 10.7. The Hall–Kier alpha value is -1.80. The summed E-state index contributed by atoms with van der Waals surface area (Å²) in [4.78, 5) is 11.6. The number of rotatable bonds is 3. The van der Waals surface area contributed by atoms with Crippen LogP contribution >= 0.6 is 0 Å². The Labute approximate surface area is 120 Å². The zero-order valence-corrected chi connectivity index (χ0v) is 13.3. The highest BCUT2D eigenvalue weighted by Crippen LogP contribution is 2.18. The van der Waals surface area contributed by atoms with E-state index in [4.69, 9.17) is 10.5 Å². The summed E-state index contributed by atoms with van der Waals surface area (Å²) < 4.78 is 18.5. The minimum absolute atomic E-state index is 0.0165. The molecule has 0 fully saturated rings. The maximum Gasteiger partial charge on any atom is 0.310 e. The molecule has 1 rings (SSSR count). The van der Waals surface area contributed by atoms with E-state index in [1.54, 1.807) is 6.92 Å². The van der Waals surface area contributed by atoms with Gasteiger partial charge in [-0.25, -0.2) is 4.39 Å². The summed E-state index contributed by atoms with van der Waals surface area (Å²) in [7, 11) is -1.58. The summed E-state index contributed by atoms with van der Waals surface area (Å²) in [6, 6.07) is 2.75. The molecule has 108 valence electrons. The van der Waals surface area contributed by atoms with Crippen molar-refractivity contribution in [1.82, 2.24) is 0 Å². The van der Waals surface area contributed by atoms with E-state index in [9.17, 15) is 9.18 Å². The molecule has 0 unspecified atom stereocenters. The predicted octanol–water partition coefficient (Wildman–Crippen LogP) is 2.74. The highest BCUT2D eigenvalue weighted by molar-refractivity contribution is 6.83. The van der Waals surface area contributed by atoms with Crippen LogP contribution in [0.1, 0.15) is 18.1 Å². The molecule has 3 nitrogen and oxygen atoms in total. The van der Waals surface area contributed by atoms with Crippen LogP contribution in [-0.4, -0.2) is 20.7 Å². The summed E-state index contributed by atoms with van der Waals surface area (Å²) in [6.07, 6.45) is 0.0496. The van der Waals surface area contributed by atoms with Crippen molar-refractivity contribution in [3.8, 4) is 11.5 Å². The molecule has 0 radical (unpaired) electrons. The molecule has 0 heterocycles. The summed E-state index contributed by atoms with van der Waals surface area (Å²) >= 11 is 0. The molecule has 20 heavy (non-hydrogen) atoms. The average molecular weight is 293 g/mol. The van der Waals surface area contributed by atoms with Crippen molar-refractivity contribution in [2.45, 2.75) is 33.0 Å². The predicted molar refractivity (Wildman–Crippen MR) is 81.4 cm³/mol. The molecule has 1 aromatic rings. The van der Waals surface area contributed by atoms with Gasteiger partial charge in [0.1, 0.15) is 13.9 Å². The van der Waals surface area contributed by atoms with Crippen LogP contribution in [0.2, 0.25) is 19.6 Å². The quantitative estimate of drug-likeness (QED) is 0.403. The van der Waals surface area contributed by atoms with Crippen LogP contribution in [0.3, 0.4) is 0 Å². The van der Waals surface area contributed by atoms with E-state index in [1.165, 1.54) is 12.1 Å². The Morgan fingerprint density at radius 2 is 2.05 bits per heavy atom. The molecule has 0 bridgehead atoms. The monoisotopic (exact) mass is 293 g/mol. The van der Waals surface area contributed by atoms with Gasteiger partial charge < -0.3 is 10.5 Å². The highest BCUT2D eigenvalue weighted by atomic mass is 28.3. The van der Waals surface area contributed by atoms with Crippen molar-refractivity contribution < 1.29 is 13.9 Å². The number of hydrogen-bond donors (Lipinski definition) is 1. The average Bonchev–Trinajstić information content (AvgIpc) is 2.31. The Morgan fingerprint density at radius 1 is 1.40 bits per heavy atom. The lowest BCUT2D eigenvalue weighted by Crippen LogP contribution is -2.16. The SMILES string of the molecule is CCOC(=O)Cc1cc(N)c(F)cc1C#C[Si](C)(C)C. The lowest BCUT2D eigenvalue weighted by molar-refractivity contribution is -0.142. The molecule has 0 saturated heterocycles. The zero-order valence-electron chi connectivity index (χ0n) is 12.3. The van der Waals surface area contributed by atoms with Crippen molar-refractivity contribution in [2.75, 3.05) is 12.3 Å². The number of carbonyl (C=O) groups is 1.